The third-order valence-corrected chi connectivity index (χ3v) is 3.34. The Morgan fingerprint density at radius 2 is 1.81 bits per heavy atom. The van der Waals surface area contributed by atoms with E-state index in [1.165, 1.54) is 6.07 Å². The first-order valence-electron chi connectivity index (χ1n) is 6.19. The molecule has 7 heteroatoms. The Labute approximate surface area is 129 Å². The highest BCUT2D eigenvalue weighted by molar-refractivity contribution is 6.37. The SMILES string of the molecule is CCCNc1nc(-c2ccc(F)c(F)c2F)c(Cl)cc1Cl. The highest BCUT2D eigenvalue weighted by Crippen LogP contribution is 2.34. The molecule has 21 heavy (non-hydrogen) atoms. The molecule has 1 N–H and O–H groups in total. The van der Waals surface area contributed by atoms with Gasteiger partial charge in [0, 0.05) is 12.1 Å². The van der Waals surface area contributed by atoms with E-state index in [1.807, 2.05) is 6.92 Å². The molecule has 2 rings (SSSR count). The standard InChI is InChI=1S/C14H11Cl2F3N2/c1-2-5-20-14-9(16)6-8(15)13(21-14)7-3-4-10(17)12(19)11(7)18/h3-4,6H,2,5H2,1H3,(H,20,21). The third-order valence-electron chi connectivity index (χ3n) is 2.76. The molecule has 1 heterocycles. The fourth-order valence-corrected chi connectivity index (χ4v) is 2.26. The second-order valence-corrected chi connectivity index (χ2v) is 5.11. The molecular formula is C14H11Cl2F3N2. The third kappa shape index (κ3) is 3.24. The van der Waals surface area contributed by atoms with Crippen LogP contribution in [0.3, 0.4) is 0 Å². The minimum Gasteiger partial charge on any atom is -0.369 e. The Morgan fingerprint density at radius 3 is 2.48 bits per heavy atom. The first-order valence-corrected chi connectivity index (χ1v) is 6.95. The van der Waals surface area contributed by atoms with Crippen molar-refractivity contribution in [2.45, 2.75) is 13.3 Å². The zero-order valence-corrected chi connectivity index (χ0v) is 12.5. The molecule has 0 radical (unpaired) electrons. The average molecular weight is 335 g/mol. The number of aromatic nitrogens is 1. The van der Waals surface area contributed by atoms with Gasteiger partial charge in [-0.2, -0.15) is 0 Å². The minimum absolute atomic E-state index is 0.00364. The molecule has 0 saturated heterocycles. The van der Waals surface area contributed by atoms with Crippen LogP contribution in [-0.4, -0.2) is 11.5 Å². The summed E-state index contributed by atoms with van der Waals surface area (Å²) >= 11 is 12.0. The van der Waals surface area contributed by atoms with E-state index < -0.39 is 17.5 Å². The molecule has 2 nitrogen and oxygen atoms in total. The number of nitrogens with one attached hydrogen (secondary N) is 1. The van der Waals surface area contributed by atoms with Crippen molar-refractivity contribution >= 4 is 29.0 Å². The fourth-order valence-electron chi connectivity index (χ4n) is 1.73. The lowest BCUT2D eigenvalue weighted by Crippen LogP contribution is -2.04. The summed E-state index contributed by atoms with van der Waals surface area (Å²) in [5.41, 5.74) is -0.230. The van der Waals surface area contributed by atoms with E-state index in [4.69, 9.17) is 23.2 Å². The average Bonchev–Trinajstić information content (AvgIpc) is 2.45. The summed E-state index contributed by atoms with van der Waals surface area (Å²) in [5.74, 6) is -3.87. The van der Waals surface area contributed by atoms with E-state index in [1.54, 1.807) is 0 Å². The molecule has 0 spiro atoms. The van der Waals surface area contributed by atoms with Crippen LogP contribution < -0.4 is 5.32 Å². The largest absolute Gasteiger partial charge is 0.369 e. The van der Waals surface area contributed by atoms with Gasteiger partial charge in [0.25, 0.3) is 0 Å². The molecule has 0 fully saturated rings. The predicted molar refractivity (Wildman–Crippen MR) is 78.3 cm³/mol. The normalized spacial score (nSPS) is 10.8. The second-order valence-electron chi connectivity index (χ2n) is 4.30. The number of hydrogen-bond acceptors (Lipinski definition) is 2. The molecule has 0 atom stereocenters. The minimum atomic E-state index is -1.57. The zero-order valence-electron chi connectivity index (χ0n) is 11.0. The lowest BCUT2D eigenvalue weighted by atomic mass is 10.1. The van der Waals surface area contributed by atoms with Crippen molar-refractivity contribution in [3.05, 3.63) is 45.7 Å². The van der Waals surface area contributed by atoms with Crippen molar-refractivity contribution in [2.24, 2.45) is 0 Å². The lowest BCUT2D eigenvalue weighted by Gasteiger charge is -2.11. The van der Waals surface area contributed by atoms with Gasteiger partial charge < -0.3 is 5.32 Å². The summed E-state index contributed by atoms with van der Waals surface area (Å²) in [6, 6.07) is 3.28. The first kappa shape index (κ1) is 15.9. The van der Waals surface area contributed by atoms with Crippen molar-refractivity contribution < 1.29 is 13.2 Å². The molecule has 0 aliphatic carbocycles. The van der Waals surface area contributed by atoms with E-state index in [2.05, 4.69) is 10.3 Å². The van der Waals surface area contributed by atoms with E-state index in [0.29, 0.717) is 12.4 Å². The molecule has 0 unspecified atom stereocenters. The molecule has 0 aliphatic rings. The molecule has 0 bridgehead atoms. The van der Waals surface area contributed by atoms with E-state index >= 15 is 0 Å². The summed E-state index contributed by atoms with van der Waals surface area (Å²) in [6.07, 6.45) is 0.829. The van der Waals surface area contributed by atoms with Crippen LogP contribution >= 0.6 is 23.2 Å². The van der Waals surface area contributed by atoms with Gasteiger partial charge in [0.05, 0.1) is 15.7 Å². The Balaban J connectivity index is 2.56. The molecule has 0 aliphatic heterocycles. The summed E-state index contributed by atoms with van der Waals surface area (Å²) < 4.78 is 40.2. The molecular weight excluding hydrogens is 324 g/mol. The van der Waals surface area contributed by atoms with Crippen LogP contribution in [0.15, 0.2) is 18.2 Å². The van der Waals surface area contributed by atoms with Crippen LogP contribution in [0.25, 0.3) is 11.3 Å². The van der Waals surface area contributed by atoms with E-state index in [-0.39, 0.29) is 21.3 Å². The quantitative estimate of drug-likeness (QED) is 0.768. The first-order chi connectivity index (χ1) is 9.95. The van der Waals surface area contributed by atoms with Crippen molar-refractivity contribution in [3.63, 3.8) is 0 Å². The zero-order chi connectivity index (χ0) is 15.6. The van der Waals surface area contributed by atoms with Gasteiger partial charge in [-0.05, 0) is 24.6 Å². The van der Waals surface area contributed by atoms with Gasteiger partial charge in [0.2, 0.25) is 0 Å². The van der Waals surface area contributed by atoms with Gasteiger partial charge in [0.1, 0.15) is 5.82 Å². The maximum Gasteiger partial charge on any atom is 0.195 e. The fraction of sp³-hybridized carbons (Fsp3) is 0.214. The number of hydrogen-bond donors (Lipinski definition) is 1. The predicted octanol–water partition coefficient (Wildman–Crippen LogP) is 5.29. The van der Waals surface area contributed by atoms with Gasteiger partial charge in [0.15, 0.2) is 17.5 Å². The van der Waals surface area contributed by atoms with Crippen LogP contribution in [0.5, 0.6) is 0 Å². The molecule has 0 saturated carbocycles. The Kier molecular flexibility index (Phi) is 4.96. The van der Waals surface area contributed by atoms with E-state index in [9.17, 15) is 13.2 Å². The number of nitrogens with zero attached hydrogens (tertiary/aromatic N) is 1. The molecule has 1 aromatic carbocycles. The summed E-state index contributed by atoms with van der Waals surface area (Å²) in [4.78, 5) is 4.11. The number of pyridine rings is 1. The monoisotopic (exact) mass is 334 g/mol. The van der Waals surface area contributed by atoms with Gasteiger partial charge in [-0.15, -0.1) is 0 Å². The maximum absolute atomic E-state index is 13.8. The van der Waals surface area contributed by atoms with Crippen LogP contribution in [0, 0.1) is 17.5 Å². The number of benzene rings is 1. The van der Waals surface area contributed by atoms with Gasteiger partial charge in [-0.25, -0.2) is 18.2 Å². The van der Waals surface area contributed by atoms with Gasteiger partial charge >= 0.3 is 0 Å². The smallest absolute Gasteiger partial charge is 0.195 e. The second kappa shape index (κ2) is 6.54. The van der Waals surface area contributed by atoms with Crippen molar-refractivity contribution in [3.8, 4) is 11.3 Å². The van der Waals surface area contributed by atoms with Crippen LogP contribution in [0.1, 0.15) is 13.3 Å². The van der Waals surface area contributed by atoms with E-state index in [0.717, 1.165) is 18.6 Å². The number of rotatable bonds is 4. The maximum atomic E-state index is 13.8. The van der Waals surface area contributed by atoms with Crippen molar-refractivity contribution in [1.29, 1.82) is 0 Å². The summed E-state index contributed by atoms with van der Waals surface area (Å²) in [6.45, 7) is 2.56. The molecule has 112 valence electrons. The van der Waals surface area contributed by atoms with Crippen molar-refractivity contribution in [2.75, 3.05) is 11.9 Å². The van der Waals surface area contributed by atoms with Gasteiger partial charge in [-0.1, -0.05) is 30.1 Å². The highest BCUT2D eigenvalue weighted by atomic mass is 35.5. The van der Waals surface area contributed by atoms with Crippen LogP contribution in [-0.2, 0) is 0 Å². The summed E-state index contributed by atoms with van der Waals surface area (Å²) in [7, 11) is 0. The Morgan fingerprint density at radius 1 is 1.10 bits per heavy atom. The van der Waals surface area contributed by atoms with Crippen molar-refractivity contribution in [1.82, 2.24) is 4.98 Å². The molecule has 2 aromatic rings. The Bertz CT molecular complexity index is 678. The van der Waals surface area contributed by atoms with Crippen LogP contribution in [0.4, 0.5) is 19.0 Å². The number of anilines is 1. The molecule has 0 amide bonds. The summed E-state index contributed by atoms with van der Waals surface area (Å²) in [5, 5.41) is 3.27. The lowest BCUT2D eigenvalue weighted by molar-refractivity contribution is 0.449. The molecule has 1 aromatic heterocycles. The topological polar surface area (TPSA) is 24.9 Å². The Hall–Kier alpha value is -1.46. The highest BCUT2D eigenvalue weighted by Gasteiger charge is 2.19. The van der Waals surface area contributed by atoms with Crippen LogP contribution in [0.2, 0.25) is 10.0 Å². The number of halogens is 5. The van der Waals surface area contributed by atoms with Gasteiger partial charge in [-0.3, -0.25) is 0 Å².